The SMILES string of the molecule is Cc1nc(CN2CCC(c3cccc4c3O[C@@](C)(c3ccc(Cl)cc3F)O4)CC2)n(C[C@@H]2CCO2)c1-c1cocn1. The molecule has 41 heavy (non-hydrogen) atoms. The van der Waals surface area contributed by atoms with Crippen LogP contribution in [0.3, 0.4) is 0 Å². The molecule has 0 amide bonds. The van der Waals surface area contributed by atoms with Gasteiger partial charge in [-0.15, -0.1) is 0 Å². The number of imidazole rings is 1. The molecule has 0 bridgehead atoms. The van der Waals surface area contributed by atoms with Gasteiger partial charge in [-0.25, -0.2) is 14.4 Å². The van der Waals surface area contributed by atoms with E-state index in [9.17, 15) is 4.39 Å². The number of rotatable bonds is 7. The van der Waals surface area contributed by atoms with E-state index >= 15 is 0 Å². The van der Waals surface area contributed by atoms with Gasteiger partial charge in [-0.2, -0.15) is 0 Å². The zero-order valence-electron chi connectivity index (χ0n) is 23.1. The molecular weight excluding hydrogens is 547 g/mol. The molecule has 0 saturated carbocycles. The summed E-state index contributed by atoms with van der Waals surface area (Å²) in [7, 11) is 0. The van der Waals surface area contributed by atoms with E-state index < -0.39 is 11.6 Å². The minimum atomic E-state index is -1.26. The summed E-state index contributed by atoms with van der Waals surface area (Å²) in [6, 6.07) is 10.5. The molecule has 214 valence electrons. The number of likely N-dealkylation sites (tertiary alicyclic amines) is 1. The predicted molar refractivity (Wildman–Crippen MR) is 151 cm³/mol. The van der Waals surface area contributed by atoms with Crippen molar-refractivity contribution in [1.29, 1.82) is 0 Å². The fraction of sp³-hybridized carbons (Fsp3) is 0.419. The van der Waals surface area contributed by atoms with Gasteiger partial charge >= 0.3 is 0 Å². The van der Waals surface area contributed by atoms with E-state index in [0.29, 0.717) is 28.0 Å². The first-order valence-corrected chi connectivity index (χ1v) is 14.5. The quantitative estimate of drug-likeness (QED) is 0.249. The van der Waals surface area contributed by atoms with Crippen LogP contribution >= 0.6 is 11.6 Å². The number of halogens is 2. The summed E-state index contributed by atoms with van der Waals surface area (Å²) in [5.41, 5.74) is 4.16. The fourth-order valence-corrected chi connectivity index (χ4v) is 6.43. The number of piperidine rings is 1. The Bertz CT molecular complexity index is 1560. The third kappa shape index (κ3) is 4.90. The summed E-state index contributed by atoms with van der Waals surface area (Å²) in [6.45, 7) is 7.93. The molecule has 2 saturated heterocycles. The average molecular weight is 579 g/mol. The maximum atomic E-state index is 14.8. The lowest BCUT2D eigenvalue weighted by molar-refractivity contribution is -0.0712. The van der Waals surface area contributed by atoms with Crippen molar-refractivity contribution in [2.45, 2.75) is 64.0 Å². The van der Waals surface area contributed by atoms with E-state index in [2.05, 4.69) is 20.5 Å². The number of aryl methyl sites for hydroxylation is 1. The van der Waals surface area contributed by atoms with Crippen LogP contribution in [-0.2, 0) is 23.6 Å². The molecule has 3 aliphatic heterocycles. The largest absolute Gasteiger partial charge is 0.451 e. The number of fused-ring (bicyclic) bond motifs is 1. The Hall–Kier alpha value is -3.40. The first-order chi connectivity index (χ1) is 19.9. The van der Waals surface area contributed by atoms with Crippen molar-refractivity contribution >= 4 is 11.6 Å². The minimum absolute atomic E-state index is 0.202. The van der Waals surface area contributed by atoms with E-state index in [0.717, 1.165) is 80.5 Å². The average Bonchev–Trinajstić information content (AvgIpc) is 3.64. The van der Waals surface area contributed by atoms with Crippen LogP contribution in [0.25, 0.3) is 11.4 Å². The highest BCUT2D eigenvalue weighted by Gasteiger charge is 2.43. The first-order valence-electron chi connectivity index (χ1n) is 14.1. The second-order valence-corrected chi connectivity index (χ2v) is 11.7. The lowest BCUT2D eigenvalue weighted by Crippen LogP contribution is -2.35. The smallest absolute Gasteiger partial charge is 0.278 e. The number of ether oxygens (including phenoxy) is 3. The Morgan fingerprint density at radius 3 is 2.66 bits per heavy atom. The van der Waals surface area contributed by atoms with Crippen LogP contribution < -0.4 is 9.47 Å². The van der Waals surface area contributed by atoms with Crippen LogP contribution in [0.1, 0.15) is 54.7 Å². The van der Waals surface area contributed by atoms with E-state index in [4.69, 9.17) is 35.2 Å². The molecule has 0 N–H and O–H groups in total. The maximum Gasteiger partial charge on any atom is 0.278 e. The van der Waals surface area contributed by atoms with Gasteiger partial charge in [-0.05, 0) is 69.5 Å². The van der Waals surface area contributed by atoms with Gasteiger partial charge in [0, 0.05) is 24.1 Å². The molecule has 7 rings (SSSR count). The molecule has 2 fully saturated rings. The van der Waals surface area contributed by atoms with Crippen LogP contribution in [-0.4, -0.2) is 45.2 Å². The molecule has 2 atom stereocenters. The van der Waals surface area contributed by atoms with Crippen LogP contribution in [0.2, 0.25) is 5.02 Å². The van der Waals surface area contributed by atoms with Crippen molar-refractivity contribution in [3.8, 4) is 22.9 Å². The van der Waals surface area contributed by atoms with E-state index in [1.54, 1.807) is 25.3 Å². The lowest BCUT2D eigenvalue weighted by Gasteiger charge is -2.33. The summed E-state index contributed by atoms with van der Waals surface area (Å²) < 4.78 is 40.7. The van der Waals surface area contributed by atoms with E-state index in [1.807, 2.05) is 19.1 Å². The molecule has 0 unspecified atom stereocenters. The van der Waals surface area contributed by atoms with Gasteiger partial charge in [0.1, 0.15) is 23.6 Å². The lowest BCUT2D eigenvalue weighted by atomic mass is 9.88. The Morgan fingerprint density at radius 2 is 1.95 bits per heavy atom. The number of hydrogen-bond donors (Lipinski definition) is 0. The molecule has 0 radical (unpaired) electrons. The van der Waals surface area contributed by atoms with E-state index in [-0.39, 0.29) is 6.10 Å². The van der Waals surface area contributed by atoms with Gasteiger partial charge in [0.15, 0.2) is 17.9 Å². The number of oxazole rings is 1. The Balaban J connectivity index is 1.07. The zero-order valence-corrected chi connectivity index (χ0v) is 23.9. The molecular formula is C31H32ClFN4O4. The van der Waals surface area contributed by atoms with Crippen molar-refractivity contribution in [3.05, 3.63) is 82.5 Å². The predicted octanol–water partition coefficient (Wildman–Crippen LogP) is 6.45. The van der Waals surface area contributed by atoms with Gasteiger partial charge in [-0.3, -0.25) is 4.90 Å². The normalized spacial score (nSPS) is 22.7. The topological polar surface area (TPSA) is 74.8 Å². The number of hydrogen-bond acceptors (Lipinski definition) is 7. The second-order valence-electron chi connectivity index (χ2n) is 11.2. The number of benzene rings is 2. The molecule has 3 aliphatic rings. The highest BCUT2D eigenvalue weighted by Crippen LogP contribution is 2.50. The van der Waals surface area contributed by atoms with Gasteiger partial charge in [0.25, 0.3) is 5.79 Å². The van der Waals surface area contributed by atoms with Crippen molar-refractivity contribution in [2.75, 3.05) is 19.7 Å². The Labute approximate surface area is 243 Å². The van der Waals surface area contributed by atoms with Gasteiger partial charge in [0.05, 0.1) is 36.1 Å². The molecule has 2 aromatic heterocycles. The summed E-state index contributed by atoms with van der Waals surface area (Å²) in [4.78, 5) is 11.8. The molecule has 4 aromatic rings. The Kier molecular flexibility index (Phi) is 6.76. The second kappa shape index (κ2) is 10.5. The van der Waals surface area contributed by atoms with Crippen molar-refractivity contribution in [2.24, 2.45) is 0 Å². The third-order valence-corrected chi connectivity index (χ3v) is 8.73. The van der Waals surface area contributed by atoms with Crippen molar-refractivity contribution in [3.63, 3.8) is 0 Å². The minimum Gasteiger partial charge on any atom is -0.451 e. The summed E-state index contributed by atoms with van der Waals surface area (Å²) in [5.74, 6) is 0.954. The van der Waals surface area contributed by atoms with Crippen LogP contribution in [0.4, 0.5) is 4.39 Å². The van der Waals surface area contributed by atoms with Gasteiger partial charge in [-0.1, -0.05) is 23.7 Å². The van der Waals surface area contributed by atoms with Crippen molar-refractivity contribution < 1.29 is 23.0 Å². The van der Waals surface area contributed by atoms with Crippen LogP contribution in [0.15, 0.2) is 53.5 Å². The summed E-state index contributed by atoms with van der Waals surface area (Å²) >= 11 is 5.98. The van der Waals surface area contributed by atoms with Crippen LogP contribution in [0, 0.1) is 12.7 Å². The van der Waals surface area contributed by atoms with E-state index in [1.165, 1.54) is 12.5 Å². The molecule has 8 nitrogen and oxygen atoms in total. The molecule has 2 aromatic carbocycles. The standard InChI is InChI=1S/C31H32ClFN4O4/c1-19-29(26-17-38-18-34-26)37(15-22-10-13-39-22)28(35-19)16-36-11-8-20(9-12-36)23-4-3-5-27-30(23)41-31(2,40-27)24-7-6-21(32)14-25(24)33/h3-7,14,17-18,20,22H,8-13,15-16H2,1-2H3/t22-,31-/m0/s1. The fourth-order valence-electron chi connectivity index (χ4n) is 6.27. The first kappa shape index (κ1) is 26.5. The Morgan fingerprint density at radius 1 is 1.12 bits per heavy atom. The van der Waals surface area contributed by atoms with Crippen LogP contribution in [0.5, 0.6) is 11.5 Å². The highest BCUT2D eigenvalue weighted by atomic mass is 35.5. The molecule has 5 heterocycles. The zero-order chi connectivity index (χ0) is 28.1. The molecule has 0 spiro atoms. The summed E-state index contributed by atoms with van der Waals surface area (Å²) in [5, 5.41) is 0.334. The molecule has 0 aliphatic carbocycles. The number of nitrogens with zero attached hydrogens (tertiary/aromatic N) is 4. The monoisotopic (exact) mass is 578 g/mol. The summed E-state index contributed by atoms with van der Waals surface area (Å²) in [6.07, 6.45) is 6.32. The highest BCUT2D eigenvalue weighted by molar-refractivity contribution is 6.30. The van der Waals surface area contributed by atoms with Crippen molar-refractivity contribution in [1.82, 2.24) is 19.4 Å². The molecule has 10 heteroatoms. The third-order valence-electron chi connectivity index (χ3n) is 8.50. The van der Waals surface area contributed by atoms with Gasteiger partial charge < -0.3 is 23.2 Å². The number of para-hydroxylation sites is 1. The number of aromatic nitrogens is 3. The maximum absolute atomic E-state index is 14.8. The van der Waals surface area contributed by atoms with Gasteiger partial charge in [0.2, 0.25) is 0 Å².